The summed E-state index contributed by atoms with van der Waals surface area (Å²) in [7, 11) is 4.78. The number of fused-ring (bicyclic) bond motifs is 2. The molecule has 7 nitrogen and oxygen atoms in total. The van der Waals surface area contributed by atoms with Crippen LogP contribution in [-0.4, -0.2) is 38.7 Å². The molecule has 0 N–H and O–H groups in total. The summed E-state index contributed by atoms with van der Waals surface area (Å²) < 4.78 is 22.3. The number of carbonyl (C=O) groups excluding carboxylic acids is 1. The average molecular weight is 500 g/mol. The van der Waals surface area contributed by atoms with E-state index in [1.165, 1.54) is 0 Å². The lowest BCUT2D eigenvalue weighted by Gasteiger charge is -2.25. The molecule has 1 atom stereocenters. The molecule has 37 heavy (non-hydrogen) atoms. The molecule has 1 amide bonds. The molecule has 0 unspecified atom stereocenters. The van der Waals surface area contributed by atoms with Crippen molar-refractivity contribution in [2.45, 2.75) is 26.3 Å². The minimum Gasteiger partial charge on any atom is -0.497 e. The molecule has 0 bridgehead atoms. The van der Waals surface area contributed by atoms with E-state index in [9.17, 15) is 9.59 Å². The molecule has 1 aliphatic rings. The number of amides is 1. The minimum atomic E-state index is -0.574. The second-order valence-corrected chi connectivity index (χ2v) is 9.25. The zero-order valence-electron chi connectivity index (χ0n) is 21.6. The molecule has 0 fully saturated rings. The van der Waals surface area contributed by atoms with Crippen molar-refractivity contribution in [3.63, 3.8) is 0 Å². The molecule has 7 heteroatoms. The van der Waals surface area contributed by atoms with E-state index in [0.717, 1.165) is 22.3 Å². The van der Waals surface area contributed by atoms with Crippen molar-refractivity contribution in [3.05, 3.63) is 98.4 Å². The molecule has 1 aliphatic heterocycles. The van der Waals surface area contributed by atoms with Crippen LogP contribution in [0.1, 0.15) is 44.4 Å². The third kappa shape index (κ3) is 4.20. The van der Waals surface area contributed by atoms with Crippen LogP contribution >= 0.6 is 0 Å². The Bertz CT molecular complexity index is 1550. The maximum atomic E-state index is 13.9. The molecule has 0 radical (unpaired) electrons. The van der Waals surface area contributed by atoms with Gasteiger partial charge in [-0.05, 0) is 72.9 Å². The molecule has 2 heterocycles. The molecule has 1 aromatic heterocycles. The highest BCUT2D eigenvalue weighted by atomic mass is 16.5. The summed E-state index contributed by atoms with van der Waals surface area (Å²) in [6.07, 6.45) is 0.554. The first-order valence-corrected chi connectivity index (χ1v) is 12.1. The number of ether oxygens (including phenoxy) is 3. The number of aryl methyl sites for hydroxylation is 2. The van der Waals surface area contributed by atoms with Gasteiger partial charge < -0.3 is 23.5 Å². The van der Waals surface area contributed by atoms with E-state index in [1.54, 1.807) is 26.2 Å². The maximum absolute atomic E-state index is 13.9. The van der Waals surface area contributed by atoms with Gasteiger partial charge in [0, 0.05) is 6.54 Å². The molecule has 0 spiro atoms. The van der Waals surface area contributed by atoms with Crippen LogP contribution in [0.15, 0.2) is 63.8 Å². The summed E-state index contributed by atoms with van der Waals surface area (Å²) in [6.45, 7) is 4.21. The monoisotopic (exact) mass is 499 g/mol. The first kappa shape index (κ1) is 24.4. The van der Waals surface area contributed by atoms with E-state index in [-0.39, 0.29) is 17.1 Å². The maximum Gasteiger partial charge on any atom is 0.290 e. The van der Waals surface area contributed by atoms with E-state index in [1.807, 2.05) is 68.4 Å². The predicted molar refractivity (Wildman–Crippen MR) is 141 cm³/mol. The summed E-state index contributed by atoms with van der Waals surface area (Å²) >= 11 is 0. The van der Waals surface area contributed by atoms with Crippen LogP contribution in [0, 0.1) is 13.8 Å². The van der Waals surface area contributed by atoms with Crippen LogP contribution in [0.25, 0.3) is 11.0 Å². The zero-order chi connectivity index (χ0) is 26.3. The number of methoxy groups -OCH3 is 3. The molecule has 0 aliphatic carbocycles. The van der Waals surface area contributed by atoms with Crippen LogP contribution in [0.3, 0.4) is 0 Å². The largest absolute Gasteiger partial charge is 0.497 e. The standard InChI is InChI=1S/C30H29NO6/c1-17-14-18(2)28-22(15-17)27(32)25-26(20-7-9-21(34-3)10-8-20)31(30(33)29(25)37-28)13-12-19-6-11-23(35-4)24(16-19)36-5/h6-11,14-16,26H,12-13H2,1-5H3/t26-/m0/s1. The van der Waals surface area contributed by atoms with Gasteiger partial charge in [0.25, 0.3) is 5.91 Å². The van der Waals surface area contributed by atoms with Gasteiger partial charge in [-0.1, -0.05) is 24.3 Å². The number of carbonyl (C=O) groups is 1. The van der Waals surface area contributed by atoms with Gasteiger partial charge in [-0.15, -0.1) is 0 Å². The fourth-order valence-electron chi connectivity index (χ4n) is 5.12. The Morgan fingerprint density at radius 1 is 0.865 bits per heavy atom. The van der Waals surface area contributed by atoms with Crippen molar-refractivity contribution < 1.29 is 23.4 Å². The first-order valence-electron chi connectivity index (χ1n) is 12.1. The number of benzene rings is 3. The molecular formula is C30H29NO6. The number of rotatable bonds is 7. The van der Waals surface area contributed by atoms with Gasteiger partial charge in [0.05, 0.1) is 38.3 Å². The Hall–Kier alpha value is -4.26. The molecule has 0 saturated heterocycles. The van der Waals surface area contributed by atoms with Crippen LogP contribution in [0.4, 0.5) is 0 Å². The van der Waals surface area contributed by atoms with E-state index in [4.69, 9.17) is 18.6 Å². The molecule has 5 rings (SSSR count). The summed E-state index contributed by atoms with van der Waals surface area (Å²) in [4.78, 5) is 29.3. The lowest BCUT2D eigenvalue weighted by Crippen LogP contribution is -2.31. The van der Waals surface area contributed by atoms with Gasteiger partial charge >= 0.3 is 0 Å². The van der Waals surface area contributed by atoms with Crippen LogP contribution in [0.5, 0.6) is 17.2 Å². The summed E-state index contributed by atoms with van der Waals surface area (Å²) in [5.41, 5.74) is 4.24. The number of nitrogens with zero attached hydrogens (tertiary/aromatic N) is 1. The van der Waals surface area contributed by atoms with Crippen molar-refractivity contribution in [1.29, 1.82) is 0 Å². The Labute approximate surface area is 215 Å². The van der Waals surface area contributed by atoms with Gasteiger partial charge in [0.1, 0.15) is 11.3 Å². The quantitative estimate of drug-likeness (QED) is 0.347. The van der Waals surface area contributed by atoms with Crippen molar-refractivity contribution in [3.8, 4) is 17.2 Å². The van der Waals surface area contributed by atoms with Gasteiger partial charge in [-0.2, -0.15) is 0 Å². The Morgan fingerprint density at radius 2 is 1.59 bits per heavy atom. The molecule has 0 saturated carbocycles. The van der Waals surface area contributed by atoms with Gasteiger partial charge in [-0.25, -0.2) is 0 Å². The second-order valence-electron chi connectivity index (χ2n) is 9.25. The van der Waals surface area contributed by atoms with Crippen molar-refractivity contribution >= 4 is 16.9 Å². The first-order chi connectivity index (χ1) is 17.9. The lowest BCUT2D eigenvalue weighted by atomic mass is 9.97. The molecular weight excluding hydrogens is 470 g/mol. The Morgan fingerprint density at radius 3 is 2.27 bits per heavy atom. The van der Waals surface area contributed by atoms with Gasteiger partial charge in [0.2, 0.25) is 5.76 Å². The minimum absolute atomic E-state index is 0.109. The highest BCUT2D eigenvalue weighted by molar-refractivity contribution is 5.99. The third-order valence-corrected chi connectivity index (χ3v) is 6.92. The predicted octanol–water partition coefficient (Wildman–Crippen LogP) is 5.22. The smallest absolute Gasteiger partial charge is 0.290 e. The summed E-state index contributed by atoms with van der Waals surface area (Å²) in [6, 6.07) is 16.3. The summed E-state index contributed by atoms with van der Waals surface area (Å²) in [5.74, 6) is 1.77. The molecule has 4 aromatic rings. The summed E-state index contributed by atoms with van der Waals surface area (Å²) in [5, 5.41) is 0.490. The van der Waals surface area contributed by atoms with Crippen LogP contribution < -0.4 is 19.6 Å². The Balaban J connectivity index is 1.61. The molecule has 190 valence electrons. The number of hydrogen-bond acceptors (Lipinski definition) is 6. The highest BCUT2D eigenvalue weighted by Crippen LogP contribution is 2.39. The van der Waals surface area contributed by atoms with Crippen molar-refractivity contribution in [1.82, 2.24) is 4.90 Å². The van der Waals surface area contributed by atoms with Crippen molar-refractivity contribution in [2.24, 2.45) is 0 Å². The second kappa shape index (κ2) is 9.65. The van der Waals surface area contributed by atoms with Crippen LogP contribution in [-0.2, 0) is 6.42 Å². The lowest BCUT2D eigenvalue weighted by molar-refractivity contribution is 0.0730. The normalized spacial score (nSPS) is 14.7. The third-order valence-electron chi connectivity index (χ3n) is 6.92. The molecule has 3 aromatic carbocycles. The fraction of sp³-hybridized carbons (Fsp3) is 0.267. The number of hydrogen-bond donors (Lipinski definition) is 0. The average Bonchev–Trinajstić information content (AvgIpc) is 3.19. The highest BCUT2D eigenvalue weighted by Gasteiger charge is 2.42. The zero-order valence-corrected chi connectivity index (χ0v) is 21.6. The van der Waals surface area contributed by atoms with E-state index in [0.29, 0.717) is 46.7 Å². The fourth-order valence-corrected chi connectivity index (χ4v) is 5.12. The van der Waals surface area contributed by atoms with E-state index in [2.05, 4.69) is 0 Å². The van der Waals surface area contributed by atoms with E-state index >= 15 is 0 Å². The SMILES string of the molecule is COc1ccc([C@H]2c3c(oc4c(C)cc(C)cc4c3=O)C(=O)N2CCc2ccc(OC)c(OC)c2)cc1. The van der Waals surface area contributed by atoms with Gasteiger partial charge in [-0.3, -0.25) is 9.59 Å². The topological polar surface area (TPSA) is 78.2 Å². The van der Waals surface area contributed by atoms with Crippen LogP contribution in [0.2, 0.25) is 0 Å². The van der Waals surface area contributed by atoms with Gasteiger partial charge in [0.15, 0.2) is 16.9 Å². The van der Waals surface area contributed by atoms with E-state index < -0.39 is 6.04 Å². The Kier molecular flexibility index (Phi) is 6.38. The van der Waals surface area contributed by atoms with Crippen molar-refractivity contribution in [2.75, 3.05) is 27.9 Å².